The van der Waals surface area contributed by atoms with E-state index in [0.717, 1.165) is 37.9 Å². The summed E-state index contributed by atoms with van der Waals surface area (Å²) in [5.41, 5.74) is 3.92. The molecule has 1 heterocycles. The fourth-order valence-electron chi connectivity index (χ4n) is 3.92. The summed E-state index contributed by atoms with van der Waals surface area (Å²) in [4.78, 5) is 0. The van der Waals surface area contributed by atoms with Crippen LogP contribution in [-0.2, 0) is 17.4 Å². The molecule has 2 aliphatic rings. The van der Waals surface area contributed by atoms with Crippen molar-refractivity contribution in [1.29, 1.82) is 0 Å². The molecule has 1 fully saturated rings. The van der Waals surface area contributed by atoms with Crippen LogP contribution in [0, 0.1) is 17.3 Å². The molecule has 2 N–H and O–H groups in total. The molecule has 4 heteroatoms. The molecule has 0 unspecified atom stereocenters. The highest BCUT2D eigenvalue weighted by Crippen LogP contribution is 2.51. The van der Waals surface area contributed by atoms with E-state index in [-0.39, 0.29) is 16.2 Å². The van der Waals surface area contributed by atoms with E-state index in [4.69, 9.17) is 0 Å². The molecule has 130 valence electrons. The molecule has 1 saturated heterocycles. The maximum Gasteiger partial charge on any atom is 0.0976 e. The highest BCUT2D eigenvalue weighted by atomic mass is 32.2. The molecule has 1 aliphatic heterocycles. The van der Waals surface area contributed by atoms with Crippen LogP contribution in [0.4, 0.5) is 0 Å². The second kappa shape index (κ2) is 6.63. The Morgan fingerprint density at radius 2 is 2.00 bits per heavy atom. The molecule has 0 bridgehead atoms. The summed E-state index contributed by atoms with van der Waals surface area (Å²) in [6.07, 6.45) is 3.31. The number of nitrogens with one attached hydrogen (secondary N) is 2. The Morgan fingerprint density at radius 1 is 1.29 bits per heavy atom. The number of rotatable bonds is 2. The van der Waals surface area contributed by atoms with Gasteiger partial charge in [0.1, 0.15) is 0 Å². The Hall–Kier alpha value is -1.15. The van der Waals surface area contributed by atoms with E-state index in [1.165, 1.54) is 11.1 Å². The number of piperidine rings is 1. The first kappa shape index (κ1) is 17.7. The van der Waals surface area contributed by atoms with E-state index in [1.807, 2.05) is 27.7 Å². The van der Waals surface area contributed by atoms with Crippen LogP contribution in [-0.4, -0.2) is 22.0 Å². The van der Waals surface area contributed by atoms with Crippen molar-refractivity contribution in [2.75, 3.05) is 13.1 Å². The van der Waals surface area contributed by atoms with E-state index < -0.39 is 11.0 Å². The lowest BCUT2D eigenvalue weighted by Gasteiger charge is -2.40. The van der Waals surface area contributed by atoms with Crippen molar-refractivity contribution in [2.24, 2.45) is 5.41 Å². The van der Waals surface area contributed by atoms with Crippen LogP contribution < -0.4 is 10.0 Å². The molecule has 3 nitrogen and oxygen atoms in total. The first-order valence-electron chi connectivity index (χ1n) is 8.80. The fraction of sp³-hybridized carbons (Fsp3) is 0.600. The van der Waals surface area contributed by atoms with Gasteiger partial charge in [0.25, 0.3) is 0 Å². The van der Waals surface area contributed by atoms with Crippen LogP contribution in [0.15, 0.2) is 18.2 Å². The molecule has 0 radical (unpaired) electrons. The Labute approximate surface area is 148 Å². The van der Waals surface area contributed by atoms with Crippen LogP contribution in [0.3, 0.4) is 0 Å². The van der Waals surface area contributed by atoms with Crippen molar-refractivity contribution < 1.29 is 4.21 Å². The number of hydrogen-bond donors (Lipinski definition) is 2. The fourth-order valence-corrected chi connectivity index (χ4v) is 4.86. The summed E-state index contributed by atoms with van der Waals surface area (Å²) in [7, 11) is -1.08. The first-order chi connectivity index (χ1) is 11.4. The largest absolute Gasteiger partial charge is 0.317 e. The Balaban J connectivity index is 2.00. The maximum atomic E-state index is 12.8. The molecule has 0 aromatic heterocycles. The average molecular weight is 345 g/mol. The Bertz CT molecular complexity index is 703. The predicted molar refractivity (Wildman–Crippen MR) is 101 cm³/mol. The van der Waals surface area contributed by atoms with Gasteiger partial charge in [-0.15, -0.1) is 5.92 Å². The van der Waals surface area contributed by atoms with Gasteiger partial charge in [-0.1, -0.05) is 12.0 Å². The molecular formula is C20H28N2OS. The third-order valence-electron chi connectivity index (χ3n) is 5.26. The maximum absolute atomic E-state index is 12.8. The van der Waals surface area contributed by atoms with E-state index in [9.17, 15) is 4.21 Å². The van der Waals surface area contributed by atoms with E-state index in [1.54, 1.807) is 0 Å². The third kappa shape index (κ3) is 3.31. The summed E-state index contributed by atoms with van der Waals surface area (Å²) < 4.78 is 16.1. The summed E-state index contributed by atoms with van der Waals surface area (Å²) in [5.74, 6) is 6.15. The molecule has 1 aromatic rings. The van der Waals surface area contributed by atoms with Crippen LogP contribution in [0.25, 0.3) is 0 Å². The lowest BCUT2D eigenvalue weighted by molar-refractivity contribution is 0.164. The normalized spacial score (nSPS) is 23.4. The third-order valence-corrected chi connectivity index (χ3v) is 6.82. The van der Waals surface area contributed by atoms with Gasteiger partial charge in [0.15, 0.2) is 0 Å². The van der Waals surface area contributed by atoms with Gasteiger partial charge in [0.05, 0.1) is 21.8 Å². The van der Waals surface area contributed by atoms with E-state index in [2.05, 4.69) is 40.1 Å². The number of hydrogen-bond acceptors (Lipinski definition) is 2. The van der Waals surface area contributed by atoms with Crippen LogP contribution >= 0.6 is 0 Å². The summed E-state index contributed by atoms with van der Waals surface area (Å²) in [6, 6.07) is 6.70. The molecule has 2 atom stereocenters. The highest BCUT2D eigenvalue weighted by molar-refractivity contribution is 7.84. The SMILES string of the molecule is CC#Cc1ccc2c(c1)[C@@H](N[S@](=O)C(C)(C)C)C1(CCNCC1)C2. The molecule has 0 saturated carbocycles. The number of fused-ring (bicyclic) bond motifs is 1. The van der Waals surface area contributed by atoms with Crippen molar-refractivity contribution in [3.05, 3.63) is 34.9 Å². The minimum atomic E-state index is -1.08. The van der Waals surface area contributed by atoms with Crippen molar-refractivity contribution in [3.63, 3.8) is 0 Å². The smallest absolute Gasteiger partial charge is 0.0976 e. The molecule has 1 spiro atoms. The minimum absolute atomic E-state index is 0.147. The second-order valence-electron chi connectivity index (χ2n) is 8.01. The lowest BCUT2D eigenvalue weighted by Crippen LogP contribution is -2.46. The van der Waals surface area contributed by atoms with E-state index in [0.29, 0.717) is 0 Å². The van der Waals surface area contributed by atoms with Crippen molar-refractivity contribution in [3.8, 4) is 11.8 Å². The molecular weight excluding hydrogens is 316 g/mol. The quantitative estimate of drug-likeness (QED) is 0.810. The van der Waals surface area contributed by atoms with Gasteiger partial charge in [-0.05, 0) is 88.7 Å². The van der Waals surface area contributed by atoms with Gasteiger partial charge in [-0.3, -0.25) is 0 Å². The number of benzene rings is 1. The van der Waals surface area contributed by atoms with Gasteiger partial charge in [0.2, 0.25) is 0 Å². The van der Waals surface area contributed by atoms with Crippen molar-refractivity contribution >= 4 is 11.0 Å². The van der Waals surface area contributed by atoms with Gasteiger partial charge in [-0.2, -0.15) is 0 Å². The molecule has 1 aromatic carbocycles. The van der Waals surface area contributed by atoms with Gasteiger partial charge in [-0.25, -0.2) is 8.93 Å². The standard InChI is InChI=1S/C20H28N2OS/c1-5-6-15-7-8-16-14-20(9-11-21-12-10-20)18(17(16)13-15)22-24(23)19(2,3)4/h7-8,13,18,21-22H,9-12,14H2,1-4H3/t18-,24-/m1/s1. The molecule has 0 amide bonds. The van der Waals surface area contributed by atoms with Crippen molar-refractivity contribution in [2.45, 2.75) is 57.7 Å². The minimum Gasteiger partial charge on any atom is -0.317 e. The molecule has 1 aliphatic carbocycles. The van der Waals surface area contributed by atoms with Gasteiger partial charge >= 0.3 is 0 Å². The monoisotopic (exact) mass is 344 g/mol. The topological polar surface area (TPSA) is 41.1 Å². The summed E-state index contributed by atoms with van der Waals surface area (Å²) in [6.45, 7) is 10.0. The Morgan fingerprint density at radius 3 is 2.62 bits per heavy atom. The average Bonchev–Trinajstić information content (AvgIpc) is 2.81. The zero-order chi connectivity index (χ0) is 17.4. The zero-order valence-corrected chi connectivity index (χ0v) is 16.0. The van der Waals surface area contributed by atoms with Crippen LogP contribution in [0.1, 0.15) is 63.3 Å². The predicted octanol–water partition coefficient (Wildman–Crippen LogP) is 3.08. The van der Waals surface area contributed by atoms with Crippen LogP contribution in [0.2, 0.25) is 0 Å². The van der Waals surface area contributed by atoms with Gasteiger partial charge in [0, 0.05) is 5.56 Å². The Kier molecular flexibility index (Phi) is 4.88. The van der Waals surface area contributed by atoms with Crippen molar-refractivity contribution in [1.82, 2.24) is 10.0 Å². The van der Waals surface area contributed by atoms with E-state index >= 15 is 0 Å². The lowest BCUT2D eigenvalue weighted by atomic mass is 9.73. The molecule has 24 heavy (non-hydrogen) atoms. The van der Waals surface area contributed by atoms with Gasteiger partial charge < -0.3 is 5.32 Å². The highest BCUT2D eigenvalue weighted by Gasteiger charge is 2.47. The zero-order valence-electron chi connectivity index (χ0n) is 15.2. The summed E-state index contributed by atoms with van der Waals surface area (Å²) >= 11 is 0. The summed E-state index contributed by atoms with van der Waals surface area (Å²) in [5, 5.41) is 3.47. The first-order valence-corrected chi connectivity index (χ1v) is 9.95. The second-order valence-corrected chi connectivity index (χ2v) is 10.0. The van der Waals surface area contributed by atoms with Crippen LogP contribution in [0.5, 0.6) is 0 Å². The molecule has 3 rings (SSSR count).